The Morgan fingerprint density at radius 3 is 2.79 bits per heavy atom. The minimum Gasteiger partial charge on any atom is -0.467 e. The number of carbonyl (C=O) groups excluding carboxylic acids is 2. The number of benzene rings is 1. The van der Waals surface area contributed by atoms with Crippen molar-refractivity contribution in [2.45, 2.75) is 31.5 Å². The Morgan fingerprint density at radius 2 is 2.03 bits per heavy atom. The number of likely N-dealkylation sites (tertiary alicyclic amines) is 1. The molecule has 1 aromatic carbocycles. The zero-order valence-corrected chi connectivity index (χ0v) is 16.1. The Balaban J connectivity index is 1.53. The van der Waals surface area contributed by atoms with Gasteiger partial charge in [0, 0.05) is 25.7 Å². The summed E-state index contributed by atoms with van der Waals surface area (Å²) in [7, 11) is 1.27. The lowest BCUT2D eigenvalue weighted by atomic mass is 10.1. The third kappa shape index (κ3) is 3.84. The lowest BCUT2D eigenvalue weighted by molar-refractivity contribution is -0.145. The molecule has 1 aliphatic rings. The number of esters is 1. The van der Waals surface area contributed by atoms with Gasteiger partial charge in [0.05, 0.1) is 25.1 Å². The van der Waals surface area contributed by atoms with Gasteiger partial charge in [-0.2, -0.15) is 0 Å². The molecule has 1 aliphatic heterocycles. The van der Waals surface area contributed by atoms with E-state index in [9.17, 15) is 14.7 Å². The van der Waals surface area contributed by atoms with Crippen molar-refractivity contribution < 1.29 is 19.4 Å². The number of β-amino-alcohol motifs (C(OH)–C–C–N with tert-alkyl or cyclic N) is 1. The minimum atomic E-state index is -0.790. The highest BCUT2D eigenvalue weighted by Gasteiger charge is 2.40. The third-order valence-electron chi connectivity index (χ3n) is 5.20. The number of aromatic nitrogens is 3. The second-order valence-corrected chi connectivity index (χ2v) is 7.13. The van der Waals surface area contributed by atoms with Gasteiger partial charge < -0.3 is 19.3 Å². The van der Waals surface area contributed by atoms with Crippen molar-refractivity contribution in [3.05, 3.63) is 60.0 Å². The van der Waals surface area contributed by atoms with Crippen LogP contribution in [0, 0.1) is 0 Å². The molecule has 1 amide bonds. The van der Waals surface area contributed by atoms with Crippen LogP contribution in [0.4, 0.5) is 0 Å². The molecule has 1 N–H and O–H groups in total. The molecule has 1 saturated heterocycles. The molecule has 8 heteroatoms. The standard InChI is InChI=1S/C21H22N4O4/c1-29-21(28)18-10-16(26)12-25(18)20(27)15-9-17-19(22-11-15)24(13-23-17)8-7-14-5-3-2-4-6-14/h2-6,9,11,13,16,18,26H,7-8,10,12H2,1H3/t16-,18+/m1/s1. The van der Waals surface area contributed by atoms with Crippen LogP contribution in [0.15, 0.2) is 48.9 Å². The molecule has 0 spiro atoms. The van der Waals surface area contributed by atoms with Crippen LogP contribution < -0.4 is 0 Å². The lowest BCUT2D eigenvalue weighted by Gasteiger charge is -2.22. The number of nitrogens with zero attached hydrogens (tertiary/aromatic N) is 4. The summed E-state index contributed by atoms with van der Waals surface area (Å²) < 4.78 is 6.71. The van der Waals surface area contributed by atoms with Crippen molar-refractivity contribution in [3.8, 4) is 0 Å². The molecule has 0 aliphatic carbocycles. The van der Waals surface area contributed by atoms with Crippen LogP contribution in [0.25, 0.3) is 11.2 Å². The lowest BCUT2D eigenvalue weighted by Crippen LogP contribution is -2.41. The largest absolute Gasteiger partial charge is 0.467 e. The number of aryl methyl sites for hydroxylation is 2. The quantitative estimate of drug-likeness (QED) is 0.658. The molecule has 0 bridgehead atoms. The van der Waals surface area contributed by atoms with Gasteiger partial charge in [-0.3, -0.25) is 4.79 Å². The van der Waals surface area contributed by atoms with Gasteiger partial charge in [-0.1, -0.05) is 30.3 Å². The van der Waals surface area contributed by atoms with E-state index < -0.39 is 18.1 Å². The first kappa shape index (κ1) is 19.1. The first-order valence-electron chi connectivity index (χ1n) is 9.48. The number of carbonyl (C=O) groups is 2. The summed E-state index contributed by atoms with van der Waals surface area (Å²) in [6, 6.07) is 11.0. The molecule has 3 aromatic rings. The normalized spacial score (nSPS) is 18.9. The van der Waals surface area contributed by atoms with E-state index in [1.165, 1.54) is 23.8 Å². The Morgan fingerprint density at radius 1 is 1.24 bits per heavy atom. The number of methoxy groups -OCH3 is 1. The summed E-state index contributed by atoms with van der Waals surface area (Å²) in [6.45, 7) is 0.811. The number of ether oxygens (including phenoxy) is 1. The molecular formula is C21H22N4O4. The van der Waals surface area contributed by atoms with E-state index in [2.05, 4.69) is 22.1 Å². The molecule has 2 atom stereocenters. The van der Waals surface area contributed by atoms with Crippen LogP contribution in [-0.4, -0.2) is 62.2 Å². The molecule has 0 saturated carbocycles. The third-order valence-corrected chi connectivity index (χ3v) is 5.20. The summed E-state index contributed by atoms with van der Waals surface area (Å²) in [5, 5.41) is 9.91. The molecule has 4 rings (SSSR count). The summed E-state index contributed by atoms with van der Waals surface area (Å²) >= 11 is 0. The number of aliphatic hydroxyl groups is 1. The van der Waals surface area contributed by atoms with Crippen LogP contribution in [0.5, 0.6) is 0 Å². The summed E-state index contributed by atoms with van der Waals surface area (Å²) in [5.41, 5.74) is 2.86. The van der Waals surface area contributed by atoms with Crippen molar-refractivity contribution >= 4 is 23.0 Å². The second-order valence-electron chi connectivity index (χ2n) is 7.13. The average Bonchev–Trinajstić information content (AvgIpc) is 3.34. The molecule has 0 radical (unpaired) electrons. The van der Waals surface area contributed by atoms with Crippen LogP contribution in [0.2, 0.25) is 0 Å². The Hall–Kier alpha value is -3.26. The fourth-order valence-electron chi connectivity index (χ4n) is 3.69. The van der Waals surface area contributed by atoms with Crippen LogP contribution in [0.3, 0.4) is 0 Å². The van der Waals surface area contributed by atoms with E-state index in [0.717, 1.165) is 13.0 Å². The topological polar surface area (TPSA) is 97.6 Å². The maximum Gasteiger partial charge on any atom is 0.328 e. The molecule has 2 aromatic heterocycles. The molecular weight excluding hydrogens is 372 g/mol. The van der Waals surface area contributed by atoms with Crippen LogP contribution >= 0.6 is 0 Å². The number of rotatable bonds is 5. The summed E-state index contributed by atoms with van der Waals surface area (Å²) in [5.74, 6) is -0.903. The summed E-state index contributed by atoms with van der Waals surface area (Å²) in [4.78, 5) is 35.0. The minimum absolute atomic E-state index is 0.0855. The van der Waals surface area contributed by atoms with Gasteiger partial charge in [-0.15, -0.1) is 0 Å². The van der Waals surface area contributed by atoms with E-state index in [1.54, 1.807) is 12.4 Å². The molecule has 3 heterocycles. The van der Waals surface area contributed by atoms with Gasteiger partial charge >= 0.3 is 5.97 Å². The molecule has 0 unspecified atom stereocenters. The zero-order chi connectivity index (χ0) is 20.4. The van der Waals surface area contributed by atoms with E-state index in [-0.39, 0.29) is 18.9 Å². The zero-order valence-electron chi connectivity index (χ0n) is 16.1. The number of hydrogen-bond acceptors (Lipinski definition) is 6. The first-order valence-corrected chi connectivity index (χ1v) is 9.48. The molecule has 150 valence electrons. The van der Waals surface area contributed by atoms with Crippen molar-refractivity contribution in [1.82, 2.24) is 19.4 Å². The SMILES string of the molecule is COC(=O)[C@@H]1C[C@@H](O)CN1C(=O)c1cnc2c(c1)ncn2CCc1ccccc1. The highest BCUT2D eigenvalue weighted by Crippen LogP contribution is 2.23. The molecule has 1 fully saturated rings. The van der Waals surface area contributed by atoms with Crippen molar-refractivity contribution in [1.29, 1.82) is 0 Å². The Kier molecular flexibility index (Phi) is 5.26. The van der Waals surface area contributed by atoms with Crippen molar-refractivity contribution in [2.24, 2.45) is 0 Å². The smallest absolute Gasteiger partial charge is 0.328 e. The van der Waals surface area contributed by atoms with Crippen molar-refractivity contribution in [3.63, 3.8) is 0 Å². The van der Waals surface area contributed by atoms with Crippen molar-refractivity contribution in [2.75, 3.05) is 13.7 Å². The number of hydrogen-bond donors (Lipinski definition) is 1. The predicted molar refractivity (Wildman–Crippen MR) is 105 cm³/mol. The molecule has 8 nitrogen and oxygen atoms in total. The number of pyridine rings is 1. The molecule has 29 heavy (non-hydrogen) atoms. The van der Waals surface area contributed by atoms with Gasteiger partial charge in [0.2, 0.25) is 0 Å². The summed E-state index contributed by atoms with van der Waals surface area (Å²) in [6.07, 6.45) is 3.47. The van der Waals surface area contributed by atoms with E-state index in [4.69, 9.17) is 4.74 Å². The fourth-order valence-corrected chi connectivity index (χ4v) is 3.69. The first-order chi connectivity index (χ1) is 14.1. The van der Waals surface area contributed by atoms with Crippen LogP contribution in [-0.2, 0) is 22.5 Å². The predicted octanol–water partition coefficient (Wildman–Crippen LogP) is 1.42. The van der Waals surface area contributed by atoms with Gasteiger partial charge in [0.15, 0.2) is 5.65 Å². The maximum atomic E-state index is 12.9. The van der Waals surface area contributed by atoms with E-state index in [1.807, 2.05) is 22.8 Å². The maximum absolute atomic E-state index is 12.9. The average molecular weight is 394 g/mol. The number of fused-ring (bicyclic) bond motifs is 1. The van der Waals surface area contributed by atoms with Gasteiger partial charge in [-0.25, -0.2) is 14.8 Å². The van der Waals surface area contributed by atoms with E-state index in [0.29, 0.717) is 16.7 Å². The Labute approximate surface area is 167 Å². The highest BCUT2D eigenvalue weighted by atomic mass is 16.5. The number of aliphatic hydroxyl groups excluding tert-OH is 1. The van der Waals surface area contributed by atoms with Gasteiger partial charge in [0.1, 0.15) is 11.6 Å². The van der Waals surface area contributed by atoms with Gasteiger partial charge in [-0.05, 0) is 18.1 Å². The second kappa shape index (κ2) is 8.00. The van der Waals surface area contributed by atoms with E-state index >= 15 is 0 Å². The number of amides is 1. The monoisotopic (exact) mass is 394 g/mol. The Bertz CT molecular complexity index is 1030. The van der Waals surface area contributed by atoms with Gasteiger partial charge in [0.25, 0.3) is 5.91 Å². The van der Waals surface area contributed by atoms with Crippen LogP contribution in [0.1, 0.15) is 22.3 Å². The number of imidazole rings is 1. The fraction of sp³-hybridized carbons (Fsp3) is 0.333. The highest BCUT2D eigenvalue weighted by molar-refractivity contribution is 5.98.